The van der Waals surface area contributed by atoms with Gasteiger partial charge in [-0.2, -0.15) is 0 Å². The first kappa shape index (κ1) is 23.8. The molecule has 1 aromatic carbocycles. The Bertz CT molecular complexity index is 711. The van der Waals surface area contributed by atoms with Gasteiger partial charge in [0.15, 0.2) is 0 Å². The summed E-state index contributed by atoms with van der Waals surface area (Å²) < 4.78 is 0. The third-order valence-corrected chi connectivity index (χ3v) is 5.37. The van der Waals surface area contributed by atoms with Crippen LogP contribution in [0.1, 0.15) is 51.5 Å². The molecule has 0 unspecified atom stereocenters. The topological polar surface area (TPSA) is 87.0 Å². The van der Waals surface area contributed by atoms with Crippen molar-refractivity contribution in [2.45, 2.75) is 52.5 Å². The van der Waals surface area contributed by atoms with Crippen LogP contribution >= 0.6 is 0 Å². The second kappa shape index (κ2) is 12.3. The van der Waals surface area contributed by atoms with E-state index < -0.39 is 0 Å². The summed E-state index contributed by atoms with van der Waals surface area (Å²) in [7, 11) is 0. The van der Waals surface area contributed by atoms with Gasteiger partial charge >= 0.3 is 0 Å². The Morgan fingerprint density at radius 3 is 2.33 bits per heavy atom. The lowest BCUT2D eigenvalue weighted by molar-refractivity contribution is -0.384. The van der Waals surface area contributed by atoms with E-state index in [2.05, 4.69) is 18.7 Å². The van der Waals surface area contributed by atoms with Crippen LogP contribution in [-0.2, 0) is 16.1 Å². The molecule has 0 atom stereocenters. The molecule has 1 fully saturated rings. The molecule has 8 nitrogen and oxygen atoms in total. The predicted molar refractivity (Wildman–Crippen MR) is 116 cm³/mol. The molecule has 1 heterocycles. The van der Waals surface area contributed by atoms with Crippen molar-refractivity contribution in [2.24, 2.45) is 0 Å². The predicted octanol–water partition coefficient (Wildman–Crippen LogP) is 3.06. The van der Waals surface area contributed by atoms with Gasteiger partial charge in [0.2, 0.25) is 11.8 Å². The standard InChI is InChI=1S/C22H34N4O4/c1-3-11-24(12-4-2)21(27)9-6-10-22(28)25-15-13-23(14-16-25)18-19-7-5-8-20(17-19)26(29)30/h5,7-8,17H,3-4,6,9-16,18H2,1-2H3. The van der Waals surface area contributed by atoms with E-state index >= 15 is 0 Å². The molecule has 8 heteroatoms. The highest BCUT2D eigenvalue weighted by Crippen LogP contribution is 2.16. The zero-order valence-electron chi connectivity index (χ0n) is 18.2. The number of carbonyl (C=O) groups is 2. The van der Waals surface area contributed by atoms with E-state index in [1.54, 1.807) is 12.1 Å². The third-order valence-electron chi connectivity index (χ3n) is 5.37. The molecule has 0 aromatic heterocycles. The first-order valence-corrected chi connectivity index (χ1v) is 11.0. The number of carbonyl (C=O) groups excluding carboxylic acids is 2. The molecule has 1 aliphatic heterocycles. The van der Waals surface area contributed by atoms with E-state index in [4.69, 9.17) is 0 Å². The van der Waals surface area contributed by atoms with E-state index in [0.29, 0.717) is 38.9 Å². The maximum absolute atomic E-state index is 12.5. The molecule has 2 amide bonds. The quantitative estimate of drug-likeness (QED) is 0.407. The van der Waals surface area contributed by atoms with Crippen molar-refractivity contribution >= 4 is 17.5 Å². The number of hydrogen-bond donors (Lipinski definition) is 0. The Hall–Kier alpha value is -2.48. The van der Waals surface area contributed by atoms with Gasteiger partial charge in [0, 0.05) is 70.8 Å². The maximum Gasteiger partial charge on any atom is 0.269 e. The molecule has 1 aromatic rings. The number of rotatable bonds is 11. The molecular formula is C22H34N4O4. The van der Waals surface area contributed by atoms with Gasteiger partial charge in [-0.05, 0) is 24.8 Å². The third kappa shape index (κ3) is 7.40. The van der Waals surface area contributed by atoms with Crippen molar-refractivity contribution in [3.8, 4) is 0 Å². The second-order valence-electron chi connectivity index (χ2n) is 7.82. The molecule has 0 N–H and O–H groups in total. The molecule has 0 radical (unpaired) electrons. The lowest BCUT2D eigenvalue weighted by atomic mass is 10.1. The molecule has 1 aliphatic rings. The van der Waals surface area contributed by atoms with Gasteiger partial charge in [-0.3, -0.25) is 24.6 Å². The number of nitro groups is 1. The average Bonchev–Trinajstić information content (AvgIpc) is 2.74. The van der Waals surface area contributed by atoms with E-state index in [9.17, 15) is 19.7 Å². The smallest absolute Gasteiger partial charge is 0.269 e. The molecular weight excluding hydrogens is 384 g/mol. The molecule has 166 valence electrons. The van der Waals surface area contributed by atoms with Crippen molar-refractivity contribution in [3.05, 3.63) is 39.9 Å². The Balaban J connectivity index is 1.71. The monoisotopic (exact) mass is 418 g/mol. The molecule has 1 saturated heterocycles. The molecule has 30 heavy (non-hydrogen) atoms. The summed E-state index contributed by atoms with van der Waals surface area (Å²) in [6.07, 6.45) is 3.33. The molecule has 0 saturated carbocycles. The van der Waals surface area contributed by atoms with Crippen molar-refractivity contribution < 1.29 is 14.5 Å². The van der Waals surface area contributed by atoms with E-state index in [1.165, 1.54) is 6.07 Å². The van der Waals surface area contributed by atoms with E-state index in [0.717, 1.165) is 44.6 Å². The molecule has 0 bridgehead atoms. The SMILES string of the molecule is CCCN(CCC)C(=O)CCCC(=O)N1CCN(Cc2cccc([N+](=O)[O-])c2)CC1. The highest BCUT2D eigenvalue weighted by Gasteiger charge is 2.22. The lowest BCUT2D eigenvalue weighted by Crippen LogP contribution is -2.48. The van der Waals surface area contributed by atoms with Gasteiger partial charge in [0.25, 0.3) is 5.69 Å². The van der Waals surface area contributed by atoms with Crippen LogP contribution < -0.4 is 0 Å². The normalized spacial score (nSPS) is 14.5. The molecule has 2 rings (SSSR count). The Kier molecular flexibility index (Phi) is 9.73. The summed E-state index contributed by atoms with van der Waals surface area (Å²) in [6, 6.07) is 6.70. The van der Waals surface area contributed by atoms with Crippen LogP contribution in [0, 0.1) is 10.1 Å². The largest absolute Gasteiger partial charge is 0.343 e. The first-order chi connectivity index (χ1) is 14.4. The number of nitro benzene ring substituents is 1. The first-order valence-electron chi connectivity index (χ1n) is 11.0. The van der Waals surface area contributed by atoms with Crippen LogP contribution in [0.15, 0.2) is 24.3 Å². The molecule has 0 spiro atoms. The average molecular weight is 419 g/mol. The minimum atomic E-state index is -0.380. The Morgan fingerprint density at radius 1 is 1.07 bits per heavy atom. The van der Waals surface area contributed by atoms with E-state index in [1.807, 2.05) is 15.9 Å². The summed E-state index contributed by atoms with van der Waals surface area (Å²) in [6.45, 7) is 9.14. The Morgan fingerprint density at radius 2 is 1.73 bits per heavy atom. The van der Waals surface area contributed by atoms with Crippen LogP contribution in [0.4, 0.5) is 5.69 Å². The van der Waals surface area contributed by atoms with Crippen LogP contribution in [0.25, 0.3) is 0 Å². The van der Waals surface area contributed by atoms with Gasteiger partial charge in [0.05, 0.1) is 4.92 Å². The number of piperazine rings is 1. The number of hydrogen-bond acceptors (Lipinski definition) is 5. The number of benzene rings is 1. The number of non-ortho nitro benzene ring substituents is 1. The fraction of sp³-hybridized carbons (Fsp3) is 0.636. The van der Waals surface area contributed by atoms with Crippen molar-refractivity contribution in [3.63, 3.8) is 0 Å². The zero-order valence-corrected chi connectivity index (χ0v) is 18.2. The number of nitrogens with zero attached hydrogens (tertiary/aromatic N) is 4. The second-order valence-corrected chi connectivity index (χ2v) is 7.82. The fourth-order valence-corrected chi connectivity index (χ4v) is 3.79. The summed E-state index contributed by atoms with van der Waals surface area (Å²) in [5, 5.41) is 10.9. The summed E-state index contributed by atoms with van der Waals surface area (Å²) in [5.74, 6) is 0.253. The van der Waals surface area contributed by atoms with Gasteiger partial charge in [-0.15, -0.1) is 0 Å². The highest BCUT2D eigenvalue weighted by atomic mass is 16.6. The summed E-state index contributed by atoms with van der Waals surface area (Å²) >= 11 is 0. The lowest BCUT2D eigenvalue weighted by Gasteiger charge is -2.34. The maximum atomic E-state index is 12.5. The summed E-state index contributed by atoms with van der Waals surface area (Å²) in [5.41, 5.74) is 1.01. The van der Waals surface area contributed by atoms with Gasteiger partial charge in [-0.25, -0.2) is 0 Å². The molecule has 0 aliphatic carbocycles. The zero-order chi connectivity index (χ0) is 21.9. The van der Waals surface area contributed by atoms with Gasteiger partial charge in [-0.1, -0.05) is 26.0 Å². The van der Waals surface area contributed by atoms with Crippen LogP contribution in [-0.4, -0.2) is 70.7 Å². The van der Waals surface area contributed by atoms with Gasteiger partial charge in [0.1, 0.15) is 0 Å². The van der Waals surface area contributed by atoms with Crippen LogP contribution in [0.5, 0.6) is 0 Å². The number of amides is 2. The van der Waals surface area contributed by atoms with Crippen molar-refractivity contribution in [1.82, 2.24) is 14.7 Å². The van der Waals surface area contributed by atoms with Gasteiger partial charge < -0.3 is 9.80 Å². The minimum absolute atomic E-state index is 0.104. The minimum Gasteiger partial charge on any atom is -0.343 e. The summed E-state index contributed by atoms with van der Waals surface area (Å²) in [4.78, 5) is 41.3. The van der Waals surface area contributed by atoms with Crippen molar-refractivity contribution in [1.29, 1.82) is 0 Å². The van der Waals surface area contributed by atoms with Crippen LogP contribution in [0.2, 0.25) is 0 Å². The fourth-order valence-electron chi connectivity index (χ4n) is 3.79. The Labute approximate surface area is 179 Å². The highest BCUT2D eigenvalue weighted by molar-refractivity contribution is 5.79. The van der Waals surface area contributed by atoms with Crippen molar-refractivity contribution in [2.75, 3.05) is 39.3 Å². The van der Waals surface area contributed by atoms with Crippen LogP contribution in [0.3, 0.4) is 0 Å². The van der Waals surface area contributed by atoms with E-state index in [-0.39, 0.29) is 22.4 Å².